The number of amides is 1. The number of hydrogen-bond donors (Lipinski definition) is 1. The Bertz CT molecular complexity index is 1280. The number of benzene rings is 2. The number of carbonyl (C=O) groups is 1. The van der Waals surface area contributed by atoms with Crippen molar-refractivity contribution in [1.82, 2.24) is 14.6 Å². The molecule has 0 saturated heterocycles. The fourth-order valence-electron chi connectivity index (χ4n) is 2.87. The topological polar surface area (TPSA) is 59.3 Å². The molecule has 0 aliphatic rings. The van der Waals surface area contributed by atoms with Crippen molar-refractivity contribution >= 4 is 40.6 Å². The van der Waals surface area contributed by atoms with E-state index in [0.29, 0.717) is 21.3 Å². The normalized spacial score (nSPS) is 11.5. The lowest BCUT2D eigenvalue weighted by Crippen LogP contribution is -2.13. The first kappa shape index (κ1) is 22.1. The zero-order valence-electron chi connectivity index (χ0n) is 16.0. The molecule has 1 amide bonds. The van der Waals surface area contributed by atoms with E-state index in [1.54, 1.807) is 36.4 Å². The SMILES string of the molecule is O=C(Nc1ccccc1Sc1ccc(Cl)cc1)c1cc2nc(C(F)F)cc(C(F)F)n2n1. The predicted octanol–water partition coefficient (Wildman–Crippen LogP) is 6.66. The number of anilines is 1. The van der Waals surface area contributed by atoms with Gasteiger partial charge in [-0.2, -0.15) is 5.10 Å². The van der Waals surface area contributed by atoms with Gasteiger partial charge < -0.3 is 5.32 Å². The van der Waals surface area contributed by atoms with Crippen LogP contribution >= 0.6 is 23.4 Å². The molecular formula is C21H13ClF4N4OS. The van der Waals surface area contributed by atoms with Crippen molar-refractivity contribution in [2.45, 2.75) is 22.6 Å². The van der Waals surface area contributed by atoms with Gasteiger partial charge in [-0.3, -0.25) is 4.79 Å². The first-order valence-corrected chi connectivity index (χ1v) is 10.3. The third kappa shape index (κ3) is 4.71. The van der Waals surface area contributed by atoms with E-state index in [0.717, 1.165) is 15.9 Å². The molecule has 0 bridgehead atoms. The Morgan fingerprint density at radius 1 is 1.00 bits per heavy atom. The van der Waals surface area contributed by atoms with Crippen LogP contribution in [0.1, 0.15) is 34.7 Å². The summed E-state index contributed by atoms with van der Waals surface area (Å²) < 4.78 is 53.4. The Morgan fingerprint density at radius 3 is 2.41 bits per heavy atom. The highest BCUT2D eigenvalue weighted by atomic mass is 35.5. The van der Waals surface area contributed by atoms with Gasteiger partial charge in [0.2, 0.25) is 0 Å². The van der Waals surface area contributed by atoms with Gasteiger partial charge in [0.05, 0.1) is 5.69 Å². The van der Waals surface area contributed by atoms with E-state index in [4.69, 9.17) is 11.6 Å². The number of nitrogens with one attached hydrogen (secondary N) is 1. The van der Waals surface area contributed by atoms with Crippen LogP contribution < -0.4 is 5.32 Å². The molecule has 0 unspecified atom stereocenters. The summed E-state index contributed by atoms with van der Waals surface area (Å²) in [7, 11) is 0. The molecule has 1 N–H and O–H groups in total. The van der Waals surface area contributed by atoms with E-state index in [9.17, 15) is 22.4 Å². The van der Waals surface area contributed by atoms with Crippen molar-refractivity contribution in [3.05, 3.63) is 82.8 Å². The van der Waals surface area contributed by atoms with E-state index in [1.807, 2.05) is 12.1 Å². The van der Waals surface area contributed by atoms with Crippen molar-refractivity contribution < 1.29 is 22.4 Å². The van der Waals surface area contributed by atoms with Gasteiger partial charge in [-0.25, -0.2) is 27.1 Å². The van der Waals surface area contributed by atoms with Crippen LogP contribution in [0.15, 0.2) is 70.5 Å². The summed E-state index contributed by atoms with van der Waals surface area (Å²) in [6, 6.07) is 15.8. The second kappa shape index (κ2) is 9.17. The van der Waals surface area contributed by atoms with Gasteiger partial charge in [-0.1, -0.05) is 35.5 Å². The van der Waals surface area contributed by atoms with Gasteiger partial charge in [0.25, 0.3) is 18.8 Å². The second-order valence-electron chi connectivity index (χ2n) is 6.51. The fourth-order valence-corrected chi connectivity index (χ4v) is 3.90. The standard InChI is InChI=1S/C21H13ClF4N4OS/c22-11-5-7-12(8-6-11)32-17-4-2-1-3-13(17)28-21(31)15-10-18-27-14(19(23)24)9-16(20(25)26)30(18)29-15/h1-10,19-20H,(H,28,31). The number of hydrogen-bond acceptors (Lipinski definition) is 4. The molecule has 0 spiro atoms. The highest BCUT2D eigenvalue weighted by Gasteiger charge is 2.22. The van der Waals surface area contributed by atoms with E-state index < -0.39 is 30.1 Å². The molecule has 0 fully saturated rings. The van der Waals surface area contributed by atoms with E-state index in [-0.39, 0.29) is 11.3 Å². The smallest absolute Gasteiger partial charge is 0.280 e. The molecule has 0 radical (unpaired) electrons. The number of aromatic nitrogens is 3. The van der Waals surface area contributed by atoms with Gasteiger partial charge in [-0.15, -0.1) is 0 Å². The average molecular weight is 481 g/mol. The number of carbonyl (C=O) groups excluding carboxylic acids is 1. The Balaban J connectivity index is 1.63. The van der Waals surface area contributed by atoms with Crippen LogP contribution in [-0.2, 0) is 0 Å². The van der Waals surface area contributed by atoms with Crippen LogP contribution in [-0.4, -0.2) is 20.5 Å². The molecule has 2 heterocycles. The fraction of sp³-hybridized carbons (Fsp3) is 0.0952. The van der Waals surface area contributed by atoms with Crippen molar-refractivity contribution in [2.24, 2.45) is 0 Å². The number of para-hydroxylation sites is 1. The highest BCUT2D eigenvalue weighted by Crippen LogP contribution is 2.34. The Kier molecular flexibility index (Phi) is 6.33. The quantitative estimate of drug-likeness (QED) is 0.313. The molecule has 4 rings (SSSR count). The van der Waals surface area contributed by atoms with Gasteiger partial charge in [-0.05, 0) is 42.5 Å². The molecule has 2 aromatic heterocycles. The van der Waals surface area contributed by atoms with Crippen molar-refractivity contribution in [2.75, 3.05) is 5.32 Å². The van der Waals surface area contributed by atoms with Crippen molar-refractivity contribution in [3.63, 3.8) is 0 Å². The second-order valence-corrected chi connectivity index (χ2v) is 8.06. The molecule has 0 saturated carbocycles. The lowest BCUT2D eigenvalue weighted by molar-refractivity contribution is 0.102. The van der Waals surface area contributed by atoms with Gasteiger partial charge in [0.15, 0.2) is 11.3 Å². The van der Waals surface area contributed by atoms with E-state index >= 15 is 0 Å². The molecule has 32 heavy (non-hydrogen) atoms. The molecule has 0 aliphatic heterocycles. The van der Waals surface area contributed by atoms with Gasteiger partial charge in [0, 0.05) is 20.9 Å². The molecule has 11 heteroatoms. The molecule has 0 atom stereocenters. The summed E-state index contributed by atoms with van der Waals surface area (Å²) in [5.41, 5.74) is -1.64. The van der Waals surface area contributed by atoms with Crippen LogP contribution in [0.25, 0.3) is 5.65 Å². The number of alkyl halides is 4. The number of fused-ring (bicyclic) bond motifs is 1. The summed E-state index contributed by atoms with van der Waals surface area (Å²) in [4.78, 5) is 18.0. The third-order valence-electron chi connectivity index (χ3n) is 4.33. The summed E-state index contributed by atoms with van der Waals surface area (Å²) in [6.07, 6.45) is -6.12. The van der Waals surface area contributed by atoms with Crippen LogP contribution in [0.3, 0.4) is 0 Å². The highest BCUT2D eigenvalue weighted by molar-refractivity contribution is 7.99. The maximum absolute atomic E-state index is 13.3. The minimum Gasteiger partial charge on any atom is -0.320 e. The number of halogens is 5. The summed E-state index contributed by atoms with van der Waals surface area (Å²) in [5.74, 6) is -0.696. The molecular weight excluding hydrogens is 468 g/mol. The lowest BCUT2D eigenvalue weighted by atomic mass is 10.3. The summed E-state index contributed by atoms with van der Waals surface area (Å²) in [5, 5.41) is 7.12. The average Bonchev–Trinajstić information content (AvgIpc) is 3.20. The maximum Gasteiger partial charge on any atom is 0.280 e. The Labute approximate surface area is 188 Å². The largest absolute Gasteiger partial charge is 0.320 e. The minimum atomic E-state index is -3.08. The van der Waals surface area contributed by atoms with Crippen LogP contribution in [0, 0.1) is 0 Å². The van der Waals surface area contributed by atoms with E-state index in [1.165, 1.54) is 11.8 Å². The number of nitrogens with zero attached hydrogens (tertiary/aromatic N) is 3. The van der Waals surface area contributed by atoms with Crippen LogP contribution in [0.2, 0.25) is 5.02 Å². The minimum absolute atomic E-state index is 0.239. The van der Waals surface area contributed by atoms with Crippen LogP contribution in [0.4, 0.5) is 23.2 Å². The van der Waals surface area contributed by atoms with Crippen LogP contribution in [0.5, 0.6) is 0 Å². The summed E-state index contributed by atoms with van der Waals surface area (Å²) in [6.45, 7) is 0. The Hall–Kier alpha value is -3.11. The molecule has 5 nitrogen and oxygen atoms in total. The first-order valence-electron chi connectivity index (χ1n) is 9.12. The van der Waals surface area contributed by atoms with Crippen molar-refractivity contribution in [1.29, 1.82) is 0 Å². The Morgan fingerprint density at radius 2 is 1.72 bits per heavy atom. The van der Waals surface area contributed by atoms with E-state index in [2.05, 4.69) is 15.4 Å². The first-order chi connectivity index (χ1) is 15.3. The summed E-state index contributed by atoms with van der Waals surface area (Å²) >= 11 is 7.29. The van der Waals surface area contributed by atoms with Gasteiger partial charge in [0.1, 0.15) is 11.4 Å². The molecule has 4 aromatic rings. The predicted molar refractivity (Wildman–Crippen MR) is 113 cm³/mol. The van der Waals surface area contributed by atoms with Gasteiger partial charge >= 0.3 is 0 Å². The molecule has 2 aromatic carbocycles. The maximum atomic E-state index is 13.3. The molecule has 164 valence electrons. The zero-order valence-corrected chi connectivity index (χ0v) is 17.5. The van der Waals surface area contributed by atoms with Crippen molar-refractivity contribution in [3.8, 4) is 0 Å². The third-order valence-corrected chi connectivity index (χ3v) is 5.67. The lowest BCUT2D eigenvalue weighted by Gasteiger charge is -2.10. The number of rotatable bonds is 6. The zero-order chi connectivity index (χ0) is 22.8. The molecule has 0 aliphatic carbocycles. The monoisotopic (exact) mass is 480 g/mol.